The molecular weight excluding hydrogens is 288 g/mol. The third-order valence-electron chi connectivity index (χ3n) is 3.68. The van der Waals surface area contributed by atoms with Crippen LogP contribution in [0.25, 0.3) is 0 Å². The monoisotopic (exact) mass is 312 g/mol. The smallest absolute Gasteiger partial charge is 0.111 e. The number of aliphatic hydroxyl groups excluding tert-OH is 8. The summed E-state index contributed by atoms with van der Waals surface area (Å²) in [6, 6.07) is 0. The van der Waals surface area contributed by atoms with Gasteiger partial charge in [-0.15, -0.1) is 0 Å². The fraction of sp³-hybridized carbons (Fsp3) is 1.00. The molecule has 0 aromatic carbocycles. The van der Waals surface area contributed by atoms with Gasteiger partial charge in [-0.25, -0.2) is 0 Å². The lowest BCUT2D eigenvalue weighted by Gasteiger charge is -2.36. The zero-order valence-corrected chi connectivity index (χ0v) is 11.4. The summed E-state index contributed by atoms with van der Waals surface area (Å²) in [7, 11) is 0. The van der Waals surface area contributed by atoms with Gasteiger partial charge >= 0.3 is 0 Å². The van der Waals surface area contributed by atoms with E-state index in [2.05, 4.69) is 0 Å². The average Bonchev–Trinajstić information content (AvgIpc) is 2.49. The van der Waals surface area contributed by atoms with Crippen molar-refractivity contribution in [3.05, 3.63) is 0 Å². The number of aliphatic hydroxyl groups is 8. The van der Waals surface area contributed by atoms with Crippen LogP contribution in [0.4, 0.5) is 0 Å². The molecule has 0 spiro atoms. The maximum absolute atomic E-state index is 9.72. The number of hydrogen-bond donors (Lipinski definition) is 8. The van der Waals surface area contributed by atoms with Crippen molar-refractivity contribution in [3.63, 3.8) is 0 Å². The van der Waals surface area contributed by atoms with E-state index in [1.807, 2.05) is 0 Å². The van der Waals surface area contributed by atoms with Crippen LogP contribution < -0.4 is 0 Å². The van der Waals surface area contributed by atoms with Crippen molar-refractivity contribution in [1.29, 1.82) is 0 Å². The molecular formula is C12H24O9. The predicted octanol–water partition coefficient (Wildman–Crippen LogP) is -4.32. The molecule has 9 heteroatoms. The zero-order chi connectivity index (χ0) is 16.2. The first-order chi connectivity index (χ1) is 9.79. The van der Waals surface area contributed by atoms with E-state index in [1.165, 1.54) is 0 Å². The van der Waals surface area contributed by atoms with E-state index in [9.17, 15) is 35.7 Å². The second-order valence-corrected chi connectivity index (χ2v) is 5.30. The van der Waals surface area contributed by atoms with Crippen molar-refractivity contribution in [2.45, 2.75) is 61.7 Å². The van der Waals surface area contributed by atoms with Gasteiger partial charge in [-0.2, -0.15) is 0 Å². The molecule has 0 saturated carbocycles. The molecule has 0 bridgehead atoms. The first-order valence-electron chi connectivity index (χ1n) is 6.78. The Morgan fingerprint density at radius 3 is 2.05 bits per heavy atom. The van der Waals surface area contributed by atoms with E-state index in [4.69, 9.17) is 9.84 Å². The van der Waals surface area contributed by atoms with Crippen molar-refractivity contribution in [2.24, 2.45) is 0 Å². The number of hydrogen-bond acceptors (Lipinski definition) is 9. The standard InChI is InChI=1S/C12H24O9/c13-3-6(15)10(18)9(17)5(14)1-2-8-12(20)11(19)7(16)4-21-8/h5-20H,1-4H2/t5-,6-,7-,8+,9-,10-,11+,12+/m1/s1. The van der Waals surface area contributed by atoms with Gasteiger partial charge in [0.2, 0.25) is 0 Å². The summed E-state index contributed by atoms with van der Waals surface area (Å²) in [4.78, 5) is 0. The predicted molar refractivity (Wildman–Crippen MR) is 68.1 cm³/mol. The molecule has 1 heterocycles. The van der Waals surface area contributed by atoms with Gasteiger partial charge < -0.3 is 45.6 Å². The minimum absolute atomic E-state index is 0.0606. The van der Waals surface area contributed by atoms with Crippen LogP contribution >= 0.6 is 0 Å². The Labute approximate surface area is 121 Å². The second kappa shape index (κ2) is 8.32. The molecule has 1 fully saturated rings. The molecule has 0 aliphatic carbocycles. The first-order valence-corrected chi connectivity index (χ1v) is 6.78. The molecule has 21 heavy (non-hydrogen) atoms. The zero-order valence-electron chi connectivity index (χ0n) is 11.4. The Kier molecular flexibility index (Phi) is 7.40. The van der Waals surface area contributed by atoms with Gasteiger partial charge in [0.05, 0.1) is 25.4 Å². The van der Waals surface area contributed by atoms with Gasteiger partial charge in [-0.05, 0) is 12.8 Å². The van der Waals surface area contributed by atoms with Crippen LogP contribution in [0, 0.1) is 0 Å². The Morgan fingerprint density at radius 1 is 0.905 bits per heavy atom. The highest BCUT2D eigenvalue weighted by atomic mass is 16.5. The van der Waals surface area contributed by atoms with Crippen LogP contribution in [0.3, 0.4) is 0 Å². The Morgan fingerprint density at radius 2 is 1.48 bits per heavy atom. The Hall–Kier alpha value is -0.360. The molecule has 8 atom stereocenters. The van der Waals surface area contributed by atoms with Crippen molar-refractivity contribution in [2.75, 3.05) is 13.2 Å². The normalized spacial score (nSPS) is 36.0. The highest BCUT2D eigenvalue weighted by Crippen LogP contribution is 2.21. The third-order valence-corrected chi connectivity index (χ3v) is 3.68. The summed E-state index contributed by atoms with van der Waals surface area (Å²) in [6.07, 6.45) is -11.1. The fourth-order valence-electron chi connectivity index (χ4n) is 2.19. The van der Waals surface area contributed by atoms with Crippen molar-refractivity contribution < 1.29 is 45.6 Å². The number of ether oxygens (including phenoxy) is 1. The fourth-order valence-corrected chi connectivity index (χ4v) is 2.19. The van der Waals surface area contributed by atoms with E-state index in [0.717, 1.165) is 0 Å². The van der Waals surface area contributed by atoms with Crippen LogP contribution in [-0.4, -0.2) is 103 Å². The summed E-state index contributed by atoms with van der Waals surface area (Å²) >= 11 is 0. The van der Waals surface area contributed by atoms with Crippen LogP contribution in [0.1, 0.15) is 12.8 Å². The van der Waals surface area contributed by atoms with E-state index < -0.39 is 55.4 Å². The lowest BCUT2D eigenvalue weighted by atomic mass is 9.93. The molecule has 1 rings (SSSR count). The summed E-state index contributed by atoms with van der Waals surface area (Å²) in [5, 5.41) is 75.1. The van der Waals surface area contributed by atoms with Crippen LogP contribution in [0.15, 0.2) is 0 Å². The molecule has 0 radical (unpaired) electrons. The highest BCUT2D eigenvalue weighted by Gasteiger charge is 2.38. The lowest BCUT2D eigenvalue weighted by Crippen LogP contribution is -2.53. The lowest BCUT2D eigenvalue weighted by molar-refractivity contribution is -0.191. The average molecular weight is 312 g/mol. The van der Waals surface area contributed by atoms with Crippen molar-refractivity contribution in [1.82, 2.24) is 0 Å². The van der Waals surface area contributed by atoms with E-state index in [0.29, 0.717) is 0 Å². The van der Waals surface area contributed by atoms with Gasteiger partial charge in [-0.3, -0.25) is 0 Å². The SMILES string of the molecule is OC[C@@H](O)[C@@H](O)[C@H](O)[C@H](O)CC[C@@H]1OC[C@@H](O)[C@H](O)[C@H]1O. The maximum atomic E-state index is 9.72. The molecule has 9 nitrogen and oxygen atoms in total. The highest BCUT2D eigenvalue weighted by molar-refractivity contribution is 4.88. The molecule has 1 saturated heterocycles. The topological polar surface area (TPSA) is 171 Å². The van der Waals surface area contributed by atoms with Gasteiger partial charge in [0.15, 0.2) is 0 Å². The van der Waals surface area contributed by atoms with Crippen LogP contribution in [0.5, 0.6) is 0 Å². The largest absolute Gasteiger partial charge is 0.394 e. The molecule has 8 N–H and O–H groups in total. The van der Waals surface area contributed by atoms with E-state index in [1.54, 1.807) is 0 Å². The van der Waals surface area contributed by atoms with Crippen LogP contribution in [0.2, 0.25) is 0 Å². The minimum atomic E-state index is -1.71. The van der Waals surface area contributed by atoms with Crippen molar-refractivity contribution in [3.8, 4) is 0 Å². The second-order valence-electron chi connectivity index (χ2n) is 5.30. The van der Waals surface area contributed by atoms with Gasteiger partial charge in [-0.1, -0.05) is 0 Å². The number of rotatable bonds is 7. The molecule has 1 aliphatic heterocycles. The molecule has 0 amide bonds. The first kappa shape index (κ1) is 18.7. The van der Waals surface area contributed by atoms with Crippen LogP contribution in [-0.2, 0) is 4.74 Å². The quantitative estimate of drug-likeness (QED) is 0.231. The van der Waals surface area contributed by atoms with Gasteiger partial charge in [0.25, 0.3) is 0 Å². The van der Waals surface area contributed by atoms with Gasteiger partial charge in [0.1, 0.15) is 36.6 Å². The molecule has 126 valence electrons. The molecule has 0 aromatic rings. The Bertz CT molecular complexity index is 302. The Balaban J connectivity index is 2.43. The van der Waals surface area contributed by atoms with Crippen molar-refractivity contribution >= 4 is 0 Å². The minimum Gasteiger partial charge on any atom is -0.394 e. The molecule has 0 aromatic heterocycles. The summed E-state index contributed by atoms with van der Waals surface area (Å²) in [6.45, 7) is -0.924. The molecule has 1 aliphatic rings. The summed E-state index contributed by atoms with van der Waals surface area (Å²) in [5.41, 5.74) is 0. The third kappa shape index (κ3) is 4.81. The summed E-state index contributed by atoms with van der Waals surface area (Å²) in [5.74, 6) is 0. The summed E-state index contributed by atoms with van der Waals surface area (Å²) < 4.78 is 5.13. The van der Waals surface area contributed by atoms with E-state index >= 15 is 0 Å². The maximum Gasteiger partial charge on any atom is 0.111 e. The molecule has 0 unspecified atom stereocenters. The van der Waals surface area contributed by atoms with E-state index in [-0.39, 0.29) is 19.4 Å². The van der Waals surface area contributed by atoms with Gasteiger partial charge in [0, 0.05) is 0 Å².